The van der Waals surface area contributed by atoms with Crippen molar-refractivity contribution in [1.29, 1.82) is 0 Å². The summed E-state index contributed by atoms with van der Waals surface area (Å²) in [6.45, 7) is 0. The Morgan fingerprint density at radius 2 is 1.83 bits per heavy atom. The summed E-state index contributed by atoms with van der Waals surface area (Å²) in [4.78, 5) is 0. The predicted molar refractivity (Wildman–Crippen MR) is 49.5 cm³/mol. The van der Waals surface area contributed by atoms with Gasteiger partial charge >= 0.3 is 0 Å². The van der Waals surface area contributed by atoms with Crippen molar-refractivity contribution in [3.05, 3.63) is 35.9 Å². The average Bonchev–Trinajstić information content (AvgIpc) is 2.05. The van der Waals surface area contributed by atoms with Crippen molar-refractivity contribution < 1.29 is 8.78 Å². The number of halogens is 2. The molecule has 0 atom stereocenters. The minimum absolute atomic E-state index is 0.148. The van der Waals surface area contributed by atoms with Crippen molar-refractivity contribution >= 4 is 9.52 Å². The molecule has 0 fully saturated rings. The van der Waals surface area contributed by atoms with Gasteiger partial charge < -0.3 is 0 Å². The highest BCUT2D eigenvalue weighted by Gasteiger charge is 2.01. The molecule has 0 unspecified atom stereocenters. The summed E-state index contributed by atoms with van der Waals surface area (Å²) in [7, 11) is -0.584. The van der Waals surface area contributed by atoms with Gasteiger partial charge in [-0.15, -0.1) is 0 Å². The molecule has 0 aliphatic rings. The first kappa shape index (κ1) is 9.39. The van der Waals surface area contributed by atoms with Crippen LogP contribution in [-0.2, 0) is 6.04 Å². The third kappa shape index (κ3) is 3.62. The predicted octanol–water partition coefficient (Wildman–Crippen LogP) is 2.04. The Hall–Kier alpha value is -0.703. The van der Waals surface area contributed by atoms with Gasteiger partial charge in [-0.1, -0.05) is 35.9 Å². The van der Waals surface area contributed by atoms with Gasteiger partial charge in [-0.05, 0) is 12.1 Å². The molecule has 0 aliphatic heterocycles. The summed E-state index contributed by atoms with van der Waals surface area (Å²) in [6.07, 6.45) is -2.10. The lowest BCUT2D eigenvalue weighted by Gasteiger charge is -1.99. The molecule has 0 aliphatic carbocycles. The van der Waals surface area contributed by atoms with E-state index in [0.29, 0.717) is 0 Å². The quantitative estimate of drug-likeness (QED) is 0.631. The first-order chi connectivity index (χ1) is 5.79. The summed E-state index contributed by atoms with van der Waals surface area (Å²) in [6, 6.07) is 10.9. The van der Waals surface area contributed by atoms with Crippen molar-refractivity contribution in [2.24, 2.45) is 0 Å². The Kier molecular flexibility index (Phi) is 3.94. The molecule has 1 rings (SSSR count). The lowest BCUT2D eigenvalue weighted by molar-refractivity contribution is 0.171. The maximum absolute atomic E-state index is 11.8. The number of rotatable bonds is 4. The second-order valence-corrected chi connectivity index (χ2v) is 4.55. The van der Waals surface area contributed by atoms with Crippen LogP contribution in [0.5, 0.6) is 0 Å². The smallest absolute Gasteiger partial charge is 0.211 e. The molecule has 0 spiro atoms. The number of hydrogen-bond acceptors (Lipinski definition) is 0. The molecule has 1 aromatic rings. The molecule has 0 nitrogen and oxygen atoms in total. The first-order valence-corrected chi connectivity index (χ1v) is 6.11. The Bertz CT molecular complexity index is 211. The van der Waals surface area contributed by atoms with Crippen molar-refractivity contribution in [3.8, 4) is 0 Å². The monoisotopic (exact) mass is 186 g/mol. The summed E-state index contributed by atoms with van der Waals surface area (Å²) >= 11 is 0. The standard InChI is InChI=1S/C9H12F2Si/c10-9(11)7-12-6-8-4-2-1-3-5-8/h1-5,9H,6-7,12H2. The van der Waals surface area contributed by atoms with Crippen LogP contribution in [-0.4, -0.2) is 15.9 Å². The van der Waals surface area contributed by atoms with Crippen molar-refractivity contribution in [2.75, 3.05) is 0 Å². The van der Waals surface area contributed by atoms with E-state index in [9.17, 15) is 8.78 Å². The molecule has 3 heteroatoms. The van der Waals surface area contributed by atoms with Crippen LogP contribution in [0, 0.1) is 0 Å². The average molecular weight is 186 g/mol. The van der Waals surface area contributed by atoms with E-state index < -0.39 is 15.9 Å². The normalized spacial score (nSPS) is 11.6. The molecule has 0 bridgehead atoms. The van der Waals surface area contributed by atoms with E-state index in [2.05, 4.69) is 0 Å². The summed E-state index contributed by atoms with van der Waals surface area (Å²) < 4.78 is 23.5. The lowest BCUT2D eigenvalue weighted by Crippen LogP contribution is -2.01. The van der Waals surface area contributed by atoms with E-state index >= 15 is 0 Å². The Labute approximate surface area is 73.4 Å². The fourth-order valence-corrected chi connectivity index (χ4v) is 2.36. The van der Waals surface area contributed by atoms with Crippen LogP contribution < -0.4 is 0 Å². The summed E-state index contributed by atoms with van der Waals surface area (Å²) in [5.74, 6) is 0. The van der Waals surface area contributed by atoms with Gasteiger partial charge in [0.05, 0.1) is 0 Å². The van der Waals surface area contributed by atoms with Crippen LogP contribution >= 0.6 is 0 Å². The maximum atomic E-state index is 11.8. The second kappa shape index (κ2) is 5.03. The number of alkyl halides is 2. The van der Waals surface area contributed by atoms with E-state index in [4.69, 9.17) is 0 Å². The van der Waals surface area contributed by atoms with Gasteiger partial charge in [0.1, 0.15) is 0 Å². The number of hydrogen-bond donors (Lipinski definition) is 0. The van der Waals surface area contributed by atoms with Crippen LogP contribution in [0.4, 0.5) is 8.78 Å². The van der Waals surface area contributed by atoms with Gasteiger partial charge in [-0.2, -0.15) is 0 Å². The van der Waals surface area contributed by atoms with Crippen LogP contribution in [0.3, 0.4) is 0 Å². The SMILES string of the molecule is FC(F)C[SiH2]Cc1ccccc1. The van der Waals surface area contributed by atoms with Crippen LogP contribution in [0.15, 0.2) is 30.3 Å². The van der Waals surface area contributed by atoms with E-state index in [0.717, 1.165) is 6.04 Å². The molecule has 0 saturated heterocycles. The first-order valence-electron chi connectivity index (χ1n) is 4.11. The minimum Gasteiger partial charge on any atom is -0.211 e. The van der Waals surface area contributed by atoms with Gasteiger partial charge in [0.2, 0.25) is 6.43 Å². The largest absolute Gasteiger partial charge is 0.235 e. The zero-order valence-corrected chi connectivity index (χ0v) is 8.26. The molecule has 0 amide bonds. The van der Waals surface area contributed by atoms with Crippen LogP contribution in [0.25, 0.3) is 0 Å². The van der Waals surface area contributed by atoms with Gasteiger partial charge in [-0.3, -0.25) is 0 Å². The van der Waals surface area contributed by atoms with Gasteiger partial charge in [0.15, 0.2) is 0 Å². The van der Waals surface area contributed by atoms with Crippen molar-refractivity contribution in [1.82, 2.24) is 0 Å². The van der Waals surface area contributed by atoms with Gasteiger partial charge in [-0.25, -0.2) is 8.78 Å². The summed E-state index contributed by atoms with van der Waals surface area (Å²) in [5, 5.41) is 0. The highest BCUT2D eigenvalue weighted by molar-refractivity contribution is 6.35. The fourth-order valence-electron chi connectivity index (χ4n) is 1.11. The highest BCUT2D eigenvalue weighted by Crippen LogP contribution is 2.03. The maximum Gasteiger partial charge on any atom is 0.235 e. The van der Waals surface area contributed by atoms with E-state index in [-0.39, 0.29) is 6.04 Å². The molecule has 0 N–H and O–H groups in total. The van der Waals surface area contributed by atoms with Crippen LogP contribution in [0.1, 0.15) is 5.56 Å². The van der Waals surface area contributed by atoms with Crippen molar-refractivity contribution in [2.45, 2.75) is 18.5 Å². The zero-order chi connectivity index (χ0) is 8.81. The Balaban J connectivity index is 2.25. The molecule has 0 aromatic heterocycles. The Morgan fingerprint density at radius 3 is 2.42 bits per heavy atom. The summed E-state index contributed by atoms with van der Waals surface area (Å²) in [5.41, 5.74) is 1.20. The Morgan fingerprint density at radius 1 is 1.17 bits per heavy atom. The van der Waals surface area contributed by atoms with E-state index in [1.165, 1.54) is 5.56 Å². The van der Waals surface area contributed by atoms with E-state index in [1.807, 2.05) is 30.3 Å². The third-order valence-electron chi connectivity index (χ3n) is 1.73. The lowest BCUT2D eigenvalue weighted by atomic mass is 10.2. The highest BCUT2D eigenvalue weighted by atomic mass is 28.2. The third-order valence-corrected chi connectivity index (χ3v) is 3.51. The second-order valence-electron chi connectivity index (χ2n) is 2.77. The molecule has 12 heavy (non-hydrogen) atoms. The topological polar surface area (TPSA) is 0 Å². The minimum atomic E-state index is -2.10. The molecular formula is C9H12F2Si. The molecule has 0 radical (unpaired) electrons. The molecule has 0 saturated carbocycles. The number of benzene rings is 1. The molecule has 0 heterocycles. The molecule has 1 aromatic carbocycles. The zero-order valence-electron chi connectivity index (χ0n) is 6.84. The van der Waals surface area contributed by atoms with E-state index in [1.54, 1.807) is 0 Å². The molecule has 66 valence electrons. The fraction of sp³-hybridized carbons (Fsp3) is 0.333. The van der Waals surface area contributed by atoms with Gasteiger partial charge in [0.25, 0.3) is 0 Å². The molecular weight excluding hydrogens is 174 g/mol. The van der Waals surface area contributed by atoms with Crippen LogP contribution in [0.2, 0.25) is 6.04 Å². The van der Waals surface area contributed by atoms with Crippen molar-refractivity contribution in [3.63, 3.8) is 0 Å². The van der Waals surface area contributed by atoms with Gasteiger partial charge in [0, 0.05) is 9.52 Å².